The molecule has 1 aromatic carbocycles. The fourth-order valence-corrected chi connectivity index (χ4v) is 3.11. The standard InChI is InChI=1S/C18H19N3O5S/c1-9-16(18(24)21-14(7-22)17(19)23)13-5-11(3-4-15(13)26-9)25-8-12-6-20-10(2)27-12/h3-6,14,22H,7-8H2,1-2H3,(H2,19,23)(H,21,24)/t14-/m1/s1/i8D2. The minimum Gasteiger partial charge on any atom is -0.488 e. The van der Waals surface area contributed by atoms with Crippen LogP contribution in [0.4, 0.5) is 0 Å². The number of benzene rings is 1. The Morgan fingerprint density at radius 1 is 1.48 bits per heavy atom. The minimum absolute atomic E-state index is 0.138. The number of carbonyl (C=O) groups is 2. The van der Waals surface area contributed by atoms with Gasteiger partial charge in [-0.2, -0.15) is 0 Å². The van der Waals surface area contributed by atoms with E-state index < -0.39 is 31.0 Å². The lowest BCUT2D eigenvalue weighted by Crippen LogP contribution is -2.46. The summed E-state index contributed by atoms with van der Waals surface area (Å²) in [4.78, 5) is 28.3. The summed E-state index contributed by atoms with van der Waals surface area (Å²) < 4.78 is 27.4. The van der Waals surface area contributed by atoms with E-state index in [0.29, 0.717) is 20.9 Å². The normalized spacial score (nSPS) is 13.7. The van der Waals surface area contributed by atoms with Gasteiger partial charge in [0.05, 0.1) is 24.8 Å². The molecule has 0 unspecified atom stereocenters. The van der Waals surface area contributed by atoms with Crippen molar-refractivity contribution in [3.63, 3.8) is 0 Å². The van der Waals surface area contributed by atoms with Gasteiger partial charge in [0.25, 0.3) is 5.91 Å². The van der Waals surface area contributed by atoms with Gasteiger partial charge in [-0.1, -0.05) is 0 Å². The Bertz CT molecular complexity index is 1080. The number of ether oxygens (including phenoxy) is 1. The van der Waals surface area contributed by atoms with E-state index in [2.05, 4.69) is 10.3 Å². The molecule has 142 valence electrons. The zero-order valence-corrected chi connectivity index (χ0v) is 15.4. The molecule has 0 aliphatic rings. The SMILES string of the molecule is [2H]C([2H])(Oc1ccc2oc(C)c(C(=O)N[C@H](CO)C(N)=O)c2c1)c1cnc(C)s1. The number of hydrogen-bond acceptors (Lipinski definition) is 7. The molecule has 27 heavy (non-hydrogen) atoms. The number of carbonyl (C=O) groups excluding carboxylic acids is 2. The molecule has 3 rings (SSSR count). The molecule has 2 amide bonds. The van der Waals surface area contributed by atoms with Crippen LogP contribution in [0.15, 0.2) is 28.8 Å². The maximum Gasteiger partial charge on any atom is 0.256 e. The Balaban J connectivity index is 1.94. The Morgan fingerprint density at radius 2 is 2.26 bits per heavy atom. The highest BCUT2D eigenvalue weighted by molar-refractivity contribution is 7.11. The predicted molar refractivity (Wildman–Crippen MR) is 99.7 cm³/mol. The summed E-state index contributed by atoms with van der Waals surface area (Å²) in [5.74, 6) is -1.06. The number of aliphatic hydroxyl groups excluding tert-OH is 1. The third kappa shape index (κ3) is 4.09. The molecule has 0 radical (unpaired) electrons. The van der Waals surface area contributed by atoms with E-state index >= 15 is 0 Å². The lowest BCUT2D eigenvalue weighted by molar-refractivity contribution is -0.120. The monoisotopic (exact) mass is 391 g/mol. The molecule has 2 heterocycles. The van der Waals surface area contributed by atoms with Gasteiger partial charge in [0.1, 0.15) is 29.7 Å². The van der Waals surface area contributed by atoms with Crippen LogP contribution in [-0.4, -0.2) is 34.6 Å². The van der Waals surface area contributed by atoms with Crippen LogP contribution in [0.3, 0.4) is 0 Å². The van der Waals surface area contributed by atoms with Crippen LogP contribution in [0, 0.1) is 13.8 Å². The summed E-state index contributed by atoms with van der Waals surface area (Å²) >= 11 is 1.18. The van der Waals surface area contributed by atoms with E-state index in [1.165, 1.54) is 29.7 Å². The number of aromatic nitrogens is 1. The third-order valence-electron chi connectivity index (χ3n) is 3.78. The van der Waals surface area contributed by atoms with Crippen molar-refractivity contribution in [2.75, 3.05) is 6.61 Å². The molecule has 2 aromatic heterocycles. The van der Waals surface area contributed by atoms with Crippen LogP contribution < -0.4 is 15.8 Å². The topological polar surface area (TPSA) is 128 Å². The Hall–Kier alpha value is -2.91. The lowest BCUT2D eigenvalue weighted by Gasteiger charge is -2.12. The molecular formula is C18H19N3O5S. The first-order valence-electron chi connectivity index (χ1n) is 8.98. The second kappa shape index (κ2) is 7.77. The van der Waals surface area contributed by atoms with Crippen LogP contribution in [0.2, 0.25) is 0 Å². The van der Waals surface area contributed by atoms with Gasteiger partial charge >= 0.3 is 0 Å². The fourth-order valence-electron chi connectivity index (χ4n) is 2.50. The summed E-state index contributed by atoms with van der Waals surface area (Å²) in [7, 11) is 0. The largest absolute Gasteiger partial charge is 0.488 e. The second-order valence-corrected chi connectivity index (χ2v) is 6.98. The van der Waals surface area contributed by atoms with Crippen molar-refractivity contribution in [2.45, 2.75) is 26.4 Å². The number of nitrogens with one attached hydrogen (secondary N) is 1. The number of aliphatic hydroxyl groups is 1. The molecule has 0 aliphatic heterocycles. The van der Waals surface area contributed by atoms with Gasteiger partial charge in [-0.15, -0.1) is 11.3 Å². The highest BCUT2D eigenvalue weighted by Crippen LogP contribution is 2.29. The molecule has 1 atom stereocenters. The Labute approximate surface area is 161 Å². The molecule has 8 nitrogen and oxygen atoms in total. The summed E-state index contributed by atoms with van der Waals surface area (Å²) in [6.07, 6.45) is 1.41. The number of furan rings is 1. The number of fused-ring (bicyclic) bond motifs is 1. The summed E-state index contributed by atoms with van der Waals surface area (Å²) in [6, 6.07) is 3.32. The molecule has 0 saturated heterocycles. The summed E-state index contributed by atoms with van der Waals surface area (Å²) in [5, 5.41) is 12.6. The predicted octanol–water partition coefficient (Wildman–Crippen LogP) is 1.66. The van der Waals surface area contributed by atoms with E-state index in [1.807, 2.05) is 0 Å². The van der Waals surface area contributed by atoms with Crippen molar-refractivity contribution in [3.05, 3.63) is 45.6 Å². The number of hydrogen-bond donors (Lipinski definition) is 3. The average molecular weight is 391 g/mol. The number of primary amides is 1. The first kappa shape index (κ1) is 16.3. The van der Waals surface area contributed by atoms with E-state index in [-0.39, 0.29) is 17.1 Å². The van der Waals surface area contributed by atoms with Crippen molar-refractivity contribution in [1.82, 2.24) is 10.3 Å². The zero-order valence-electron chi connectivity index (χ0n) is 16.6. The Kier molecular flexibility index (Phi) is 4.68. The smallest absolute Gasteiger partial charge is 0.256 e. The number of nitrogens with two attached hydrogens (primary N) is 1. The quantitative estimate of drug-likeness (QED) is 0.562. The molecule has 0 aliphatic carbocycles. The molecule has 0 saturated carbocycles. The lowest BCUT2D eigenvalue weighted by atomic mass is 10.1. The van der Waals surface area contributed by atoms with Crippen molar-refractivity contribution >= 4 is 34.1 Å². The van der Waals surface area contributed by atoms with E-state index in [1.54, 1.807) is 19.9 Å². The molecule has 4 N–H and O–H groups in total. The van der Waals surface area contributed by atoms with Crippen LogP contribution in [0.1, 0.15) is 28.7 Å². The Morgan fingerprint density at radius 3 is 2.89 bits per heavy atom. The van der Waals surface area contributed by atoms with Crippen LogP contribution in [-0.2, 0) is 11.4 Å². The first-order chi connectivity index (χ1) is 13.6. The van der Waals surface area contributed by atoms with E-state index in [9.17, 15) is 14.7 Å². The molecule has 0 fully saturated rings. The minimum atomic E-state index is -2.12. The van der Waals surface area contributed by atoms with Crippen molar-refractivity contribution < 1.29 is 26.6 Å². The van der Waals surface area contributed by atoms with Crippen molar-refractivity contribution in [2.24, 2.45) is 5.73 Å². The van der Waals surface area contributed by atoms with Crippen LogP contribution >= 0.6 is 11.3 Å². The third-order valence-corrected chi connectivity index (χ3v) is 4.59. The molecule has 9 heteroatoms. The second-order valence-electron chi connectivity index (χ2n) is 5.75. The number of aryl methyl sites for hydroxylation is 2. The van der Waals surface area contributed by atoms with Gasteiger partial charge in [0.15, 0.2) is 0 Å². The van der Waals surface area contributed by atoms with Crippen LogP contribution in [0.25, 0.3) is 11.0 Å². The van der Waals surface area contributed by atoms with Gasteiger partial charge in [-0.25, -0.2) is 4.98 Å². The van der Waals surface area contributed by atoms with E-state index in [4.69, 9.17) is 17.6 Å². The molecule has 0 spiro atoms. The number of thiazole rings is 1. The summed E-state index contributed by atoms with van der Waals surface area (Å²) in [6.45, 7) is 0.585. The molecule has 3 aromatic rings. The van der Waals surface area contributed by atoms with Gasteiger partial charge in [-0.3, -0.25) is 9.59 Å². The maximum atomic E-state index is 12.6. The fraction of sp³-hybridized carbons (Fsp3) is 0.278. The van der Waals surface area contributed by atoms with E-state index in [0.717, 1.165) is 0 Å². The average Bonchev–Trinajstić information content (AvgIpc) is 3.21. The van der Waals surface area contributed by atoms with Crippen molar-refractivity contribution in [3.8, 4) is 5.75 Å². The zero-order chi connectivity index (χ0) is 21.3. The van der Waals surface area contributed by atoms with Crippen molar-refractivity contribution in [1.29, 1.82) is 0 Å². The van der Waals surface area contributed by atoms with Gasteiger partial charge in [0, 0.05) is 11.6 Å². The number of rotatable bonds is 7. The first-order valence-corrected chi connectivity index (χ1v) is 8.80. The number of nitrogens with zero attached hydrogens (tertiary/aromatic N) is 1. The highest BCUT2D eigenvalue weighted by Gasteiger charge is 2.23. The molecule has 0 bridgehead atoms. The number of amides is 2. The maximum absolute atomic E-state index is 12.6. The highest BCUT2D eigenvalue weighted by atomic mass is 32.1. The van der Waals surface area contributed by atoms with Gasteiger partial charge in [-0.05, 0) is 32.0 Å². The summed E-state index contributed by atoms with van der Waals surface area (Å²) in [5.41, 5.74) is 5.67. The molecular weight excluding hydrogens is 370 g/mol. The van der Waals surface area contributed by atoms with Gasteiger partial charge < -0.3 is 25.3 Å². The van der Waals surface area contributed by atoms with Crippen LogP contribution in [0.5, 0.6) is 5.75 Å². The van der Waals surface area contributed by atoms with Gasteiger partial charge in [0.2, 0.25) is 5.91 Å².